The minimum absolute atomic E-state index is 0.308. The monoisotopic (exact) mass is 288 g/mol. The van der Waals surface area contributed by atoms with Crippen LogP contribution in [0.4, 0.5) is 0 Å². The van der Waals surface area contributed by atoms with Gasteiger partial charge in [-0.3, -0.25) is 0 Å². The molecule has 0 aliphatic carbocycles. The van der Waals surface area contributed by atoms with Crippen molar-refractivity contribution in [3.8, 4) is 0 Å². The van der Waals surface area contributed by atoms with Gasteiger partial charge in [-0.15, -0.1) is 0 Å². The van der Waals surface area contributed by atoms with Crippen LogP contribution in [0.2, 0.25) is 0 Å². The Morgan fingerprint density at radius 1 is 1.38 bits per heavy atom. The van der Waals surface area contributed by atoms with Gasteiger partial charge in [-0.25, -0.2) is 9.78 Å². The Labute approximate surface area is 125 Å². The van der Waals surface area contributed by atoms with E-state index in [0.29, 0.717) is 22.4 Å². The van der Waals surface area contributed by atoms with E-state index in [1.54, 1.807) is 6.07 Å². The highest BCUT2D eigenvalue weighted by molar-refractivity contribution is 6.01. The molecule has 2 rings (SSSR count). The number of carbonyl (C=O) groups excluding carboxylic acids is 1. The second-order valence-electron chi connectivity index (χ2n) is 6.95. The number of fused-ring (bicyclic) bond motifs is 1. The molecule has 0 radical (unpaired) electrons. The topological polar surface area (TPSA) is 55.0 Å². The number of esters is 1. The lowest BCUT2D eigenvalue weighted by molar-refractivity contribution is 0.0603. The molecule has 2 aromatic rings. The first-order valence-corrected chi connectivity index (χ1v) is 7.36. The molecule has 0 saturated heterocycles. The fraction of sp³-hybridized carbons (Fsp3) is 0.529. The van der Waals surface area contributed by atoms with Crippen LogP contribution in [-0.4, -0.2) is 23.0 Å². The van der Waals surface area contributed by atoms with Gasteiger partial charge in [0.2, 0.25) is 0 Å². The number of imidazole rings is 1. The molecule has 1 atom stereocenters. The SMILES string of the molecule is COC(=O)c1cccc2[nH]c(CC(C)CC(C)(C)C)nc12. The average Bonchev–Trinajstić information content (AvgIpc) is 2.77. The van der Waals surface area contributed by atoms with Crippen molar-refractivity contribution in [3.63, 3.8) is 0 Å². The number of para-hydroxylation sites is 1. The maximum absolute atomic E-state index is 11.8. The lowest BCUT2D eigenvalue weighted by Gasteiger charge is -2.22. The van der Waals surface area contributed by atoms with Crippen LogP contribution in [0.25, 0.3) is 11.0 Å². The number of rotatable bonds is 4. The zero-order valence-electron chi connectivity index (χ0n) is 13.5. The molecule has 21 heavy (non-hydrogen) atoms. The maximum Gasteiger partial charge on any atom is 0.340 e. The van der Waals surface area contributed by atoms with E-state index < -0.39 is 0 Å². The first kappa shape index (κ1) is 15.5. The number of H-pyrrole nitrogens is 1. The van der Waals surface area contributed by atoms with Gasteiger partial charge >= 0.3 is 5.97 Å². The number of nitrogens with zero attached hydrogens (tertiary/aromatic N) is 1. The van der Waals surface area contributed by atoms with Crippen molar-refractivity contribution in [2.45, 2.75) is 40.5 Å². The second kappa shape index (κ2) is 5.88. The summed E-state index contributed by atoms with van der Waals surface area (Å²) in [5.41, 5.74) is 2.40. The summed E-state index contributed by atoms with van der Waals surface area (Å²) in [4.78, 5) is 19.7. The van der Waals surface area contributed by atoms with Gasteiger partial charge < -0.3 is 9.72 Å². The normalized spacial score (nSPS) is 13.4. The van der Waals surface area contributed by atoms with Gasteiger partial charge in [0.05, 0.1) is 18.2 Å². The van der Waals surface area contributed by atoms with E-state index in [1.807, 2.05) is 12.1 Å². The number of aromatic nitrogens is 2. The first-order chi connectivity index (χ1) is 9.80. The third-order valence-electron chi connectivity index (χ3n) is 3.47. The summed E-state index contributed by atoms with van der Waals surface area (Å²) in [6, 6.07) is 5.53. The van der Waals surface area contributed by atoms with E-state index in [1.165, 1.54) is 7.11 Å². The minimum Gasteiger partial charge on any atom is -0.465 e. The Bertz CT molecular complexity index is 638. The molecule has 1 aromatic heterocycles. The summed E-state index contributed by atoms with van der Waals surface area (Å²) >= 11 is 0. The van der Waals surface area contributed by atoms with Gasteiger partial charge in [-0.2, -0.15) is 0 Å². The van der Waals surface area contributed by atoms with Crippen LogP contribution in [0.1, 0.15) is 50.3 Å². The maximum atomic E-state index is 11.8. The van der Waals surface area contributed by atoms with Gasteiger partial charge in [0.15, 0.2) is 0 Å². The third kappa shape index (κ3) is 3.84. The van der Waals surface area contributed by atoms with Crippen molar-refractivity contribution in [2.75, 3.05) is 7.11 Å². The summed E-state index contributed by atoms with van der Waals surface area (Å²) in [5, 5.41) is 0. The molecule has 0 bridgehead atoms. The van der Waals surface area contributed by atoms with Crippen LogP contribution >= 0.6 is 0 Å². The smallest absolute Gasteiger partial charge is 0.340 e. The summed E-state index contributed by atoms with van der Waals surface area (Å²) in [5.74, 6) is 1.12. The molecule has 1 unspecified atom stereocenters. The Balaban J connectivity index is 2.25. The van der Waals surface area contributed by atoms with Crippen molar-refractivity contribution < 1.29 is 9.53 Å². The van der Waals surface area contributed by atoms with E-state index in [-0.39, 0.29) is 5.97 Å². The first-order valence-electron chi connectivity index (χ1n) is 7.36. The molecular formula is C17H24N2O2. The largest absolute Gasteiger partial charge is 0.465 e. The third-order valence-corrected chi connectivity index (χ3v) is 3.47. The standard InChI is InChI=1S/C17H24N2O2/c1-11(10-17(2,3)4)9-14-18-13-8-6-7-12(15(13)19-14)16(20)21-5/h6-8,11H,9-10H2,1-5H3,(H,18,19). The number of hydrogen-bond acceptors (Lipinski definition) is 3. The molecule has 0 aliphatic heterocycles. The number of hydrogen-bond donors (Lipinski definition) is 1. The van der Waals surface area contributed by atoms with Crippen molar-refractivity contribution >= 4 is 17.0 Å². The highest BCUT2D eigenvalue weighted by Crippen LogP contribution is 2.26. The van der Waals surface area contributed by atoms with E-state index in [4.69, 9.17) is 4.74 Å². The molecule has 4 heteroatoms. The Morgan fingerprint density at radius 3 is 2.71 bits per heavy atom. The fourth-order valence-electron chi connectivity index (χ4n) is 2.90. The zero-order valence-corrected chi connectivity index (χ0v) is 13.5. The molecular weight excluding hydrogens is 264 g/mol. The van der Waals surface area contributed by atoms with Crippen LogP contribution in [0.15, 0.2) is 18.2 Å². The molecule has 1 aromatic carbocycles. The molecule has 0 aliphatic rings. The number of ether oxygens (including phenoxy) is 1. The van der Waals surface area contributed by atoms with Gasteiger partial charge in [0, 0.05) is 6.42 Å². The van der Waals surface area contributed by atoms with E-state index in [2.05, 4.69) is 37.7 Å². The number of aromatic amines is 1. The molecule has 1 N–H and O–H groups in total. The summed E-state index contributed by atoms with van der Waals surface area (Å²) < 4.78 is 4.81. The van der Waals surface area contributed by atoms with Crippen LogP contribution in [0.3, 0.4) is 0 Å². The lowest BCUT2D eigenvalue weighted by atomic mass is 9.84. The van der Waals surface area contributed by atoms with Crippen molar-refractivity contribution in [1.29, 1.82) is 0 Å². The van der Waals surface area contributed by atoms with Gasteiger partial charge in [0.25, 0.3) is 0 Å². The van der Waals surface area contributed by atoms with Crippen LogP contribution in [0, 0.1) is 11.3 Å². The number of methoxy groups -OCH3 is 1. The predicted octanol–water partition coefficient (Wildman–Crippen LogP) is 3.96. The van der Waals surface area contributed by atoms with E-state index in [0.717, 1.165) is 24.2 Å². The highest BCUT2D eigenvalue weighted by atomic mass is 16.5. The fourth-order valence-corrected chi connectivity index (χ4v) is 2.90. The molecule has 4 nitrogen and oxygen atoms in total. The van der Waals surface area contributed by atoms with Crippen molar-refractivity contribution in [3.05, 3.63) is 29.6 Å². The summed E-state index contributed by atoms with van der Waals surface area (Å²) in [6.45, 7) is 8.98. The van der Waals surface area contributed by atoms with Crippen molar-refractivity contribution in [1.82, 2.24) is 9.97 Å². The number of nitrogens with one attached hydrogen (secondary N) is 1. The van der Waals surface area contributed by atoms with Crippen molar-refractivity contribution in [2.24, 2.45) is 11.3 Å². The Morgan fingerprint density at radius 2 is 2.10 bits per heavy atom. The van der Waals surface area contributed by atoms with Gasteiger partial charge in [-0.05, 0) is 29.9 Å². The molecule has 0 amide bonds. The Kier molecular flexibility index (Phi) is 4.35. The van der Waals surface area contributed by atoms with Crippen LogP contribution in [-0.2, 0) is 11.2 Å². The molecule has 0 spiro atoms. The lowest BCUT2D eigenvalue weighted by Crippen LogP contribution is -2.13. The average molecular weight is 288 g/mol. The quantitative estimate of drug-likeness (QED) is 0.866. The number of benzene rings is 1. The van der Waals surface area contributed by atoms with E-state index in [9.17, 15) is 4.79 Å². The molecule has 0 saturated carbocycles. The predicted molar refractivity (Wildman–Crippen MR) is 84.4 cm³/mol. The Hall–Kier alpha value is -1.84. The molecule has 1 heterocycles. The second-order valence-corrected chi connectivity index (χ2v) is 6.95. The number of carbonyl (C=O) groups is 1. The van der Waals surface area contributed by atoms with Crippen LogP contribution < -0.4 is 0 Å². The zero-order chi connectivity index (χ0) is 15.6. The summed E-state index contributed by atoms with van der Waals surface area (Å²) in [6.07, 6.45) is 2.01. The summed E-state index contributed by atoms with van der Waals surface area (Å²) in [7, 11) is 1.39. The van der Waals surface area contributed by atoms with Crippen LogP contribution in [0.5, 0.6) is 0 Å². The highest BCUT2D eigenvalue weighted by Gasteiger charge is 2.18. The van der Waals surface area contributed by atoms with E-state index >= 15 is 0 Å². The minimum atomic E-state index is -0.346. The van der Waals surface area contributed by atoms with Gasteiger partial charge in [0.1, 0.15) is 11.3 Å². The van der Waals surface area contributed by atoms with Gasteiger partial charge in [-0.1, -0.05) is 33.8 Å². The molecule has 0 fully saturated rings. The molecule has 114 valence electrons.